The van der Waals surface area contributed by atoms with Crippen molar-refractivity contribution in [1.82, 2.24) is 19.9 Å². The van der Waals surface area contributed by atoms with Crippen LogP contribution in [0.2, 0.25) is 0 Å². The molecule has 8 bridgehead atoms. The highest BCUT2D eigenvalue weighted by Gasteiger charge is 2.23. The number of aryl methyl sites for hydroxylation is 1. The SMILES string of the molecule is Cc1c2c3nc(c(-c4ccccc4)c4ccc([nH]4)c(-c4ccccc4)c4nc(c(-c5ccccc5)c5ccc([nH]5)c3c3ccccc13)C=C4)C2. The fraction of sp³-hybridized carbons (Fsp3) is 0.0435. The molecule has 10 rings (SSSR count). The number of aromatic nitrogens is 4. The summed E-state index contributed by atoms with van der Waals surface area (Å²) < 4.78 is 0. The third kappa shape index (κ3) is 4.46. The van der Waals surface area contributed by atoms with Crippen LogP contribution in [0.15, 0.2) is 140 Å². The predicted octanol–water partition coefficient (Wildman–Crippen LogP) is 11.7. The molecule has 0 spiro atoms. The van der Waals surface area contributed by atoms with Gasteiger partial charge < -0.3 is 9.97 Å². The molecule has 3 aromatic heterocycles. The van der Waals surface area contributed by atoms with Crippen LogP contribution in [0.3, 0.4) is 0 Å². The third-order valence-corrected chi connectivity index (χ3v) is 10.2. The number of fused-ring (bicyclic) bond motifs is 10. The Morgan fingerprint density at radius 1 is 0.460 bits per heavy atom. The summed E-state index contributed by atoms with van der Waals surface area (Å²) in [5, 5.41) is 3.59. The average molecular weight is 641 g/mol. The van der Waals surface area contributed by atoms with Crippen LogP contribution in [0.25, 0.3) is 89.3 Å². The Morgan fingerprint density at radius 2 is 0.920 bits per heavy atom. The molecule has 0 saturated carbocycles. The van der Waals surface area contributed by atoms with Crippen LogP contribution >= 0.6 is 0 Å². The summed E-state index contributed by atoms with van der Waals surface area (Å²) in [6, 6.07) is 49.4. The van der Waals surface area contributed by atoms with Crippen LogP contribution in [0, 0.1) is 6.92 Å². The molecule has 5 aromatic carbocycles. The van der Waals surface area contributed by atoms with E-state index in [0.29, 0.717) is 0 Å². The maximum absolute atomic E-state index is 5.58. The number of nitrogens with zero attached hydrogens (tertiary/aromatic N) is 2. The lowest BCUT2D eigenvalue weighted by Crippen LogP contribution is -1.92. The number of hydrogen-bond acceptors (Lipinski definition) is 2. The maximum Gasteiger partial charge on any atom is 0.0771 e. The first-order valence-corrected chi connectivity index (χ1v) is 17.1. The second kappa shape index (κ2) is 11.3. The zero-order chi connectivity index (χ0) is 33.2. The van der Waals surface area contributed by atoms with E-state index in [4.69, 9.17) is 9.97 Å². The van der Waals surface area contributed by atoms with E-state index in [1.165, 1.54) is 21.9 Å². The van der Waals surface area contributed by atoms with Gasteiger partial charge in [-0.25, -0.2) is 4.98 Å². The first-order valence-electron chi connectivity index (χ1n) is 17.1. The third-order valence-electron chi connectivity index (χ3n) is 10.2. The van der Waals surface area contributed by atoms with Gasteiger partial charge in [0.25, 0.3) is 0 Å². The van der Waals surface area contributed by atoms with Gasteiger partial charge in [0.1, 0.15) is 0 Å². The maximum atomic E-state index is 5.58. The average Bonchev–Trinajstić information content (AvgIpc) is 4.00. The number of rotatable bonds is 3. The monoisotopic (exact) mass is 640 g/mol. The van der Waals surface area contributed by atoms with Crippen LogP contribution in [0.5, 0.6) is 0 Å². The number of H-pyrrole nitrogens is 2. The Balaban J connectivity index is 1.45. The topological polar surface area (TPSA) is 57.4 Å². The van der Waals surface area contributed by atoms with Gasteiger partial charge in [0, 0.05) is 50.6 Å². The van der Waals surface area contributed by atoms with Crippen molar-refractivity contribution >= 4 is 55.9 Å². The zero-order valence-electron chi connectivity index (χ0n) is 27.5. The lowest BCUT2D eigenvalue weighted by Gasteiger charge is -2.10. The van der Waals surface area contributed by atoms with Gasteiger partial charge in [-0.15, -0.1) is 0 Å². The molecule has 0 atom stereocenters. The highest BCUT2D eigenvalue weighted by atomic mass is 14.8. The van der Waals surface area contributed by atoms with Crippen molar-refractivity contribution in [2.45, 2.75) is 13.3 Å². The quantitative estimate of drug-likeness (QED) is 0.202. The number of hydrogen-bond donors (Lipinski definition) is 2. The molecule has 4 nitrogen and oxygen atoms in total. The Kier molecular flexibility index (Phi) is 6.43. The lowest BCUT2D eigenvalue weighted by molar-refractivity contribution is 1.18. The van der Waals surface area contributed by atoms with Crippen molar-refractivity contribution in [3.63, 3.8) is 0 Å². The van der Waals surface area contributed by atoms with E-state index in [9.17, 15) is 0 Å². The first kappa shape index (κ1) is 28.5. The Labute approximate surface area is 289 Å². The standard InChI is InChI=1S/C46H32N4/c1-28-32-19-11-12-20-33(32)45-40-26-25-38(49-40)43(30-15-7-3-8-16-30)36-22-21-35(47-36)42(29-13-5-2-6-14-29)37-23-24-39(48-37)44(31-17-9-4-10-18-31)41-27-34(28)46(45)50-41/h2-26,48-49H,27H2,1H3. The molecule has 8 aromatic rings. The van der Waals surface area contributed by atoms with Crippen LogP contribution in [-0.4, -0.2) is 19.9 Å². The summed E-state index contributed by atoms with van der Waals surface area (Å²) in [4.78, 5) is 18.7. The summed E-state index contributed by atoms with van der Waals surface area (Å²) >= 11 is 0. The van der Waals surface area contributed by atoms with Crippen molar-refractivity contribution in [3.05, 3.63) is 168 Å². The van der Waals surface area contributed by atoms with Gasteiger partial charge in [-0.05, 0) is 81.9 Å². The van der Waals surface area contributed by atoms with Gasteiger partial charge in [0.15, 0.2) is 0 Å². The second-order valence-corrected chi connectivity index (χ2v) is 13.1. The molecule has 0 fully saturated rings. The minimum Gasteiger partial charge on any atom is -0.354 e. The number of aromatic amines is 2. The van der Waals surface area contributed by atoms with E-state index in [1.54, 1.807) is 0 Å². The number of nitrogens with one attached hydrogen (secondary N) is 2. The molecule has 0 aliphatic carbocycles. The molecular formula is C46H32N4. The molecule has 236 valence electrons. The van der Waals surface area contributed by atoms with Crippen molar-refractivity contribution in [2.24, 2.45) is 0 Å². The van der Waals surface area contributed by atoms with Gasteiger partial charge in [-0.1, -0.05) is 115 Å². The normalized spacial score (nSPS) is 12.3. The first-order chi connectivity index (χ1) is 24.7. The summed E-state index contributed by atoms with van der Waals surface area (Å²) in [5.74, 6) is 0. The van der Waals surface area contributed by atoms with E-state index < -0.39 is 0 Å². The molecule has 0 radical (unpaired) electrons. The largest absolute Gasteiger partial charge is 0.354 e. The van der Waals surface area contributed by atoms with Gasteiger partial charge in [0.2, 0.25) is 0 Å². The lowest BCUT2D eigenvalue weighted by atomic mass is 9.93. The van der Waals surface area contributed by atoms with E-state index in [0.717, 1.165) is 89.9 Å². The molecule has 0 amide bonds. The molecule has 2 N–H and O–H groups in total. The van der Waals surface area contributed by atoms with Gasteiger partial charge in [0.05, 0.1) is 22.6 Å². The number of benzene rings is 5. The molecule has 0 unspecified atom stereocenters. The van der Waals surface area contributed by atoms with E-state index in [2.05, 4.69) is 169 Å². The fourth-order valence-electron chi connectivity index (χ4n) is 7.93. The van der Waals surface area contributed by atoms with Crippen molar-refractivity contribution in [2.75, 3.05) is 0 Å². The van der Waals surface area contributed by atoms with Crippen molar-refractivity contribution in [3.8, 4) is 33.4 Å². The minimum atomic E-state index is 0.745. The molecule has 2 aliphatic rings. The van der Waals surface area contributed by atoms with Crippen LogP contribution in [-0.2, 0) is 6.42 Å². The molecular weight excluding hydrogens is 609 g/mol. The van der Waals surface area contributed by atoms with Gasteiger partial charge >= 0.3 is 0 Å². The molecule has 50 heavy (non-hydrogen) atoms. The van der Waals surface area contributed by atoms with Crippen LogP contribution in [0.4, 0.5) is 0 Å². The van der Waals surface area contributed by atoms with Crippen LogP contribution in [0.1, 0.15) is 28.2 Å². The summed E-state index contributed by atoms with van der Waals surface area (Å²) in [6.07, 6.45) is 5.05. The van der Waals surface area contributed by atoms with E-state index in [-0.39, 0.29) is 0 Å². The van der Waals surface area contributed by atoms with Crippen LogP contribution < -0.4 is 0 Å². The van der Waals surface area contributed by atoms with Gasteiger partial charge in [-0.2, -0.15) is 0 Å². The van der Waals surface area contributed by atoms with E-state index >= 15 is 0 Å². The molecule has 2 aliphatic heterocycles. The smallest absolute Gasteiger partial charge is 0.0771 e. The minimum absolute atomic E-state index is 0.745. The molecule has 4 heteroatoms. The zero-order valence-corrected chi connectivity index (χ0v) is 27.5. The predicted molar refractivity (Wildman–Crippen MR) is 209 cm³/mol. The second-order valence-electron chi connectivity index (χ2n) is 13.1. The highest BCUT2D eigenvalue weighted by Crippen LogP contribution is 2.41. The molecule has 0 saturated heterocycles. The summed E-state index contributed by atoms with van der Waals surface area (Å²) in [6.45, 7) is 2.25. The fourth-order valence-corrected chi connectivity index (χ4v) is 7.93. The van der Waals surface area contributed by atoms with Crippen molar-refractivity contribution in [1.29, 1.82) is 0 Å². The summed E-state index contributed by atoms with van der Waals surface area (Å²) in [7, 11) is 0. The van der Waals surface area contributed by atoms with Gasteiger partial charge in [-0.3, -0.25) is 4.98 Å². The van der Waals surface area contributed by atoms with Crippen molar-refractivity contribution < 1.29 is 0 Å². The molecule has 5 heterocycles. The Hall–Kier alpha value is -6.52. The Bertz CT molecular complexity index is 2830. The highest BCUT2D eigenvalue weighted by molar-refractivity contribution is 6.16. The van der Waals surface area contributed by atoms with E-state index in [1.807, 2.05) is 0 Å². The summed E-state index contributed by atoms with van der Waals surface area (Å²) in [5.41, 5.74) is 17.2. The Morgan fingerprint density at radius 3 is 1.50 bits per heavy atom.